The van der Waals surface area contributed by atoms with Crippen LogP contribution in [0, 0.1) is 6.20 Å². The lowest BCUT2D eigenvalue weighted by Gasteiger charge is -2.09. The van der Waals surface area contributed by atoms with Gasteiger partial charge in [-0.25, -0.2) is 0 Å². The van der Waals surface area contributed by atoms with Crippen molar-refractivity contribution >= 4 is 17.2 Å². The number of alkyl halides is 3. The summed E-state index contributed by atoms with van der Waals surface area (Å²) in [7, 11) is 0. The molecule has 1 radical (unpaired) electrons. The Bertz CT molecular complexity index is 332. The van der Waals surface area contributed by atoms with Crippen LogP contribution in [0.4, 0.5) is 13.2 Å². The molecule has 0 saturated carbocycles. The maximum Gasteiger partial charge on any atom is 0.416 e. The molecule has 0 aliphatic rings. The molecule has 0 aliphatic heterocycles. The molecule has 0 saturated heterocycles. The summed E-state index contributed by atoms with van der Waals surface area (Å²) in [5.74, 6) is 0. The zero-order valence-electron chi connectivity index (χ0n) is 6.32. The molecule has 1 heterocycles. The maximum absolute atomic E-state index is 12.1. The van der Waals surface area contributed by atoms with Crippen molar-refractivity contribution in [3.63, 3.8) is 0 Å². The van der Waals surface area contributed by atoms with E-state index in [2.05, 4.69) is 17.8 Å². The third-order valence-electron chi connectivity index (χ3n) is 1.35. The number of rotatable bonds is 1. The van der Waals surface area contributed by atoms with Crippen LogP contribution in [-0.2, 0) is 0 Å². The monoisotopic (exact) mass is 206 g/mol. The highest BCUT2D eigenvalue weighted by Gasteiger charge is 2.32. The van der Waals surface area contributed by atoms with Gasteiger partial charge in [-0.1, -0.05) is 18.2 Å². The second-order valence-corrected chi connectivity index (χ2v) is 2.70. The molecular weight excluding hydrogens is 203 g/mol. The van der Waals surface area contributed by atoms with E-state index in [1.165, 1.54) is 0 Å². The van der Waals surface area contributed by atoms with Crippen molar-refractivity contribution < 1.29 is 13.2 Å². The van der Waals surface area contributed by atoms with Gasteiger partial charge < -0.3 is 0 Å². The average Bonchev–Trinajstić information content (AvgIpc) is 2.01. The van der Waals surface area contributed by atoms with Crippen molar-refractivity contribution in [2.45, 2.75) is 6.18 Å². The van der Waals surface area contributed by atoms with Gasteiger partial charge in [-0.2, -0.15) is 13.2 Å². The van der Waals surface area contributed by atoms with Crippen molar-refractivity contribution in [3.05, 3.63) is 35.6 Å². The fourth-order valence-electron chi connectivity index (χ4n) is 0.698. The molecule has 13 heavy (non-hydrogen) atoms. The molecule has 1 nitrogen and oxygen atoms in total. The topological polar surface area (TPSA) is 12.9 Å². The summed E-state index contributed by atoms with van der Waals surface area (Å²) in [4.78, 5) is 3.40. The van der Waals surface area contributed by atoms with Crippen molar-refractivity contribution in [1.82, 2.24) is 4.98 Å². The molecule has 0 N–H and O–H groups in total. The number of halogens is 4. The first-order valence-corrected chi connectivity index (χ1v) is 3.59. The lowest BCUT2D eigenvalue weighted by atomic mass is 10.1. The summed E-state index contributed by atoms with van der Waals surface area (Å²) >= 11 is 5.41. The highest BCUT2D eigenvalue weighted by Crippen LogP contribution is 2.32. The van der Waals surface area contributed by atoms with Gasteiger partial charge in [-0.3, -0.25) is 4.98 Å². The largest absolute Gasteiger partial charge is 0.416 e. The van der Waals surface area contributed by atoms with Crippen LogP contribution in [0.2, 0.25) is 5.02 Å². The zero-order chi connectivity index (χ0) is 10.1. The summed E-state index contributed by atoms with van der Waals surface area (Å²) in [6, 6.07) is 1.12. The SMILES string of the molecule is C=C(c1cn[c]c(Cl)c1)C(F)(F)F. The zero-order valence-corrected chi connectivity index (χ0v) is 7.08. The van der Waals surface area contributed by atoms with Gasteiger partial charge in [0.25, 0.3) is 0 Å². The van der Waals surface area contributed by atoms with E-state index in [1.807, 2.05) is 0 Å². The molecule has 0 spiro atoms. The fourth-order valence-corrected chi connectivity index (χ4v) is 0.865. The van der Waals surface area contributed by atoms with Crippen molar-refractivity contribution in [2.24, 2.45) is 0 Å². The third kappa shape index (κ3) is 2.45. The van der Waals surface area contributed by atoms with E-state index in [-0.39, 0.29) is 10.6 Å². The Morgan fingerprint density at radius 2 is 2.15 bits per heavy atom. The van der Waals surface area contributed by atoms with Gasteiger partial charge in [0.2, 0.25) is 0 Å². The lowest BCUT2D eigenvalue weighted by Crippen LogP contribution is -2.09. The lowest BCUT2D eigenvalue weighted by molar-refractivity contribution is -0.0686. The summed E-state index contributed by atoms with van der Waals surface area (Å²) in [5.41, 5.74) is -1.10. The van der Waals surface area contributed by atoms with Crippen LogP contribution >= 0.6 is 11.6 Å². The van der Waals surface area contributed by atoms with E-state index in [4.69, 9.17) is 11.6 Å². The predicted molar refractivity (Wildman–Crippen MR) is 43.2 cm³/mol. The molecule has 0 aliphatic carbocycles. The maximum atomic E-state index is 12.1. The smallest absolute Gasteiger partial charge is 0.252 e. The molecule has 0 atom stereocenters. The predicted octanol–water partition coefficient (Wildman–Crippen LogP) is 3.11. The molecule has 0 aromatic carbocycles. The molecule has 1 rings (SSSR count). The second kappa shape index (κ2) is 3.38. The molecule has 0 unspecified atom stereocenters. The minimum absolute atomic E-state index is 0.0305. The number of aromatic nitrogens is 1. The summed E-state index contributed by atoms with van der Waals surface area (Å²) < 4.78 is 36.3. The normalized spacial score (nSPS) is 11.4. The Kier molecular flexibility index (Phi) is 2.61. The fraction of sp³-hybridized carbons (Fsp3) is 0.125. The summed E-state index contributed by atoms with van der Waals surface area (Å²) in [5, 5.41) is 0.0305. The molecule has 69 valence electrons. The first-order valence-electron chi connectivity index (χ1n) is 3.21. The van der Waals surface area contributed by atoms with E-state index < -0.39 is 11.7 Å². The molecule has 1 aromatic rings. The van der Waals surface area contributed by atoms with Crippen LogP contribution in [0.3, 0.4) is 0 Å². The van der Waals surface area contributed by atoms with E-state index in [0.717, 1.165) is 12.3 Å². The van der Waals surface area contributed by atoms with Crippen LogP contribution < -0.4 is 0 Å². The van der Waals surface area contributed by atoms with Gasteiger partial charge in [0, 0.05) is 11.8 Å². The van der Waals surface area contributed by atoms with Gasteiger partial charge in [-0.15, -0.1) is 0 Å². The van der Waals surface area contributed by atoms with Crippen LogP contribution in [-0.4, -0.2) is 11.2 Å². The van der Waals surface area contributed by atoms with Gasteiger partial charge >= 0.3 is 6.18 Å². The van der Waals surface area contributed by atoms with Gasteiger partial charge in [0.05, 0.1) is 10.6 Å². The number of nitrogens with zero attached hydrogens (tertiary/aromatic N) is 1. The van der Waals surface area contributed by atoms with Crippen molar-refractivity contribution in [2.75, 3.05) is 0 Å². The number of allylic oxidation sites excluding steroid dienone is 1. The Morgan fingerprint density at radius 3 is 2.62 bits per heavy atom. The molecule has 1 aromatic heterocycles. The number of hydrogen-bond acceptors (Lipinski definition) is 1. The Hall–Kier alpha value is -1.03. The second-order valence-electron chi connectivity index (χ2n) is 2.29. The van der Waals surface area contributed by atoms with Crippen molar-refractivity contribution in [3.8, 4) is 0 Å². The number of hydrogen-bond donors (Lipinski definition) is 0. The van der Waals surface area contributed by atoms with Crippen molar-refractivity contribution in [1.29, 1.82) is 0 Å². The first-order chi connectivity index (χ1) is 5.91. The Morgan fingerprint density at radius 1 is 1.54 bits per heavy atom. The highest BCUT2D eigenvalue weighted by atomic mass is 35.5. The quantitative estimate of drug-likeness (QED) is 0.688. The van der Waals surface area contributed by atoms with Crippen LogP contribution in [0.25, 0.3) is 5.57 Å². The third-order valence-corrected chi connectivity index (χ3v) is 1.54. The Labute approximate surface area is 77.9 Å². The van der Waals surface area contributed by atoms with E-state index >= 15 is 0 Å². The highest BCUT2D eigenvalue weighted by molar-refractivity contribution is 6.30. The first kappa shape index (κ1) is 10.1. The molecule has 5 heteroatoms. The standard InChI is InChI=1S/C8H4ClF3N/c1-5(8(10,11)12)6-2-7(9)4-13-3-6/h2-3H,1H2. The van der Waals surface area contributed by atoms with E-state index in [1.54, 1.807) is 0 Å². The Balaban J connectivity index is 3.03. The van der Waals surface area contributed by atoms with E-state index in [9.17, 15) is 13.2 Å². The molecule has 0 bridgehead atoms. The van der Waals surface area contributed by atoms with Crippen LogP contribution in [0.15, 0.2) is 18.8 Å². The minimum atomic E-state index is -4.45. The van der Waals surface area contributed by atoms with Gasteiger partial charge in [0.15, 0.2) is 0 Å². The average molecular weight is 207 g/mol. The van der Waals surface area contributed by atoms with Gasteiger partial charge in [-0.05, 0) is 6.07 Å². The van der Waals surface area contributed by atoms with E-state index in [0.29, 0.717) is 0 Å². The van der Waals surface area contributed by atoms with Crippen LogP contribution in [0.5, 0.6) is 0 Å². The molecular formula is C8H4ClF3N. The minimum Gasteiger partial charge on any atom is -0.252 e. The molecule has 0 amide bonds. The number of pyridine rings is 1. The summed E-state index contributed by atoms with van der Waals surface area (Å²) in [6.07, 6.45) is -1.15. The summed E-state index contributed by atoms with van der Waals surface area (Å²) in [6.45, 7) is 2.90. The molecule has 0 fully saturated rings. The van der Waals surface area contributed by atoms with Crippen LogP contribution in [0.1, 0.15) is 5.56 Å². The van der Waals surface area contributed by atoms with Gasteiger partial charge in [0.1, 0.15) is 6.20 Å².